The fourth-order valence-electron chi connectivity index (χ4n) is 2.33. The van der Waals surface area contributed by atoms with Crippen LogP contribution in [0.2, 0.25) is 0 Å². The van der Waals surface area contributed by atoms with Gasteiger partial charge in [-0.05, 0) is 5.56 Å². The Morgan fingerprint density at radius 3 is 2.08 bits per heavy atom. The van der Waals surface area contributed by atoms with E-state index in [1.807, 2.05) is 18.2 Å². The molecule has 0 aromatic heterocycles. The third kappa shape index (κ3) is 4.84. The Labute approximate surface area is 146 Å². The number of carbonyl (C=O) groups excluding carboxylic acids is 3. The minimum Gasteiger partial charge on any atom is -0.460 e. The van der Waals surface area contributed by atoms with Crippen LogP contribution < -0.4 is 5.73 Å². The molecule has 2 atom stereocenters. The van der Waals surface area contributed by atoms with E-state index >= 15 is 0 Å². The van der Waals surface area contributed by atoms with E-state index in [9.17, 15) is 14.4 Å². The second-order valence-corrected chi connectivity index (χ2v) is 5.80. The molecule has 0 spiro atoms. The number of rotatable bonds is 8. The SMILES string of the molecule is CC(CN)C(=O)C(C(=O)OCc1ccccc1)C(=O)c1ccccc1. The van der Waals surface area contributed by atoms with Gasteiger partial charge in [-0.15, -0.1) is 0 Å². The van der Waals surface area contributed by atoms with Crippen molar-refractivity contribution in [2.24, 2.45) is 17.6 Å². The monoisotopic (exact) mass is 339 g/mol. The van der Waals surface area contributed by atoms with Crippen molar-refractivity contribution in [3.05, 3.63) is 71.8 Å². The minimum absolute atomic E-state index is 0.00251. The number of hydrogen-bond donors (Lipinski definition) is 1. The molecule has 0 amide bonds. The van der Waals surface area contributed by atoms with Gasteiger partial charge in [0, 0.05) is 18.0 Å². The van der Waals surface area contributed by atoms with Gasteiger partial charge in [0.05, 0.1) is 0 Å². The average Bonchev–Trinajstić information content (AvgIpc) is 2.67. The lowest BCUT2D eigenvalue weighted by molar-refractivity contribution is -0.151. The molecule has 2 rings (SSSR count). The lowest BCUT2D eigenvalue weighted by Gasteiger charge is -2.17. The molecule has 0 aliphatic carbocycles. The first-order valence-corrected chi connectivity index (χ1v) is 8.08. The molecule has 5 heteroatoms. The van der Waals surface area contributed by atoms with Crippen molar-refractivity contribution in [1.82, 2.24) is 0 Å². The Morgan fingerprint density at radius 1 is 0.960 bits per heavy atom. The van der Waals surface area contributed by atoms with Crippen molar-refractivity contribution in [2.45, 2.75) is 13.5 Å². The molecular weight excluding hydrogens is 318 g/mol. The number of Topliss-reactive ketones (excluding diaryl/α,β-unsaturated/α-hetero) is 2. The van der Waals surface area contributed by atoms with E-state index in [2.05, 4.69) is 0 Å². The largest absolute Gasteiger partial charge is 0.460 e. The van der Waals surface area contributed by atoms with Crippen LogP contribution in [-0.4, -0.2) is 24.1 Å². The topological polar surface area (TPSA) is 86.5 Å². The summed E-state index contributed by atoms with van der Waals surface area (Å²) in [6, 6.07) is 17.3. The Kier molecular flexibility index (Phi) is 6.60. The number of nitrogens with two attached hydrogens (primary N) is 1. The molecule has 0 aliphatic heterocycles. The van der Waals surface area contributed by atoms with E-state index in [4.69, 9.17) is 10.5 Å². The summed E-state index contributed by atoms with van der Waals surface area (Å²) >= 11 is 0. The van der Waals surface area contributed by atoms with Crippen LogP contribution >= 0.6 is 0 Å². The molecule has 0 saturated heterocycles. The normalized spacial score (nSPS) is 12.9. The Morgan fingerprint density at radius 2 is 1.52 bits per heavy atom. The molecule has 130 valence electrons. The number of carbonyl (C=O) groups is 3. The van der Waals surface area contributed by atoms with Gasteiger partial charge in [0.2, 0.25) is 0 Å². The molecule has 2 unspecified atom stereocenters. The molecular formula is C20H21NO4. The molecule has 5 nitrogen and oxygen atoms in total. The van der Waals surface area contributed by atoms with Crippen molar-refractivity contribution in [1.29, 1.82) is 0 Å². The smallest absolute Gasteiger partial charge is 0.324 e. The molecule has 2 aromatic rings. The first-order chi connectivity index (χ1) is 12.0. The molecule has 2 N–H and O–H groups in total. The fourth-order valence-corrected chi connectivity index (χ4v) is 2.33. The molecule has 0 fully saturated rings. The van der Waals surface area contributed by atoms with E-state index in [0.29, 0.717) is 5.56 Å². The van der Waals surface area contributed by atoms with Crippen molar-refractivity contribution in [3.63, 3.8) is 0 Å². The Bertz CT molecular complexity index is 728. The van der Waals surface area contributed by atoms with Gasteiger partial charge >= 0.3 is 5.97 Å². The summed E-state index contributed by atoms with van der Waals surface area (Å²) in [6.45, 7) is 1.66. The predicted octanol–water partition coefficient (Wildman–Crippen LogP) is 2.39. The number of ketones is 2. The van der Waals surface area contributed by atoms with Gasteiger partial charge in [0.15, 0.2) is 17.5 Å². The van der Waals surface area contributed by atoms with Crippen LogP contribution in [0.4, 0.5) is 0 Å². The molecule has 0 heterocycles. The van der Waals surface area contributed by atoms with Crippen LogP contribution in [-0.2, 0) is 20.9 Å². The predicted molar refractivity (Wildman–Crippen MR) is 93.7 cm³/mol. The first-order valence-electron chi connectivity index (χ1n) is 8.08. The van der Waals surface area contributed by atoms with Gasteiger partial charge in [-0.3, -0.25) is 14.4 Å². The van der Waals surface area contributed by atoms with Crippen LogP contribution in [0.5, 0.6) is 0 Å². The third-order valence-electron chi connectivity index (χ3n) is 3.90. The summed E-state index contributed by atoms with van der Waals surface area (Å²) in [7, 11) is 0. The van der Waals surface area contributed by atoms with Crippen molar-refractivity contribution in [2.75, 3.05) is 6.54 Å². The van der Waals surface area contributed by atoms with Gasteiger partial charge in [-0.2, -0.15) is 0 Å². The van der Waals surface area contributed by atoms with E-state index in [0.717, 1.165) is 5.56 Å². The first kappa shape index (κ1) is 18.5. The van der Waals surface area contributed by atoms with Crippen LogP contribution in [0.15, 0.2) is 60.7 Å². The fraction of sp³-hybridized carbons (Fsp3) is 0.250. The highest BCUT2D eigenvalue weighted by Gasteiger charge is 2.37. The highest BCUT2D eigenvalue weighted by Crippen LogP contribution is 2.17. The van der Waals surface area contributed by atoms with Crippen LogP contribution in [0.3, 0.4) is 0 Å². The lowest BCUT2D eigenvalue weighted by Crippen LogP contribution is -2.38. The molecule has 0 radical (unpaired) electrons. The van der Waals surface area contributed by atoms with Gasteiger partial charge in [0.25, 0.3) is 0 Å². The average molecular weight is 339 g/mol. The third-order valence-corrected chi connectivity index (χ3v) is 3.90. The molecule has 0 aliphatic rings. The number of benzene rings is 2. The second kappa shape index (κ2) is 8.89. The zero-order valence-electron chi connectivity index (χ0n) is 14.1. The number of ether oxygens (including phenoxy) is 1. The minimum atomic E-state index is -1.50. The van der Waals surface area contributed by atoms with E-state index in [-0.39, 0.29) is 13.2 Å². The Balaban J connectivity index is 2.20. The quantitative estimate of drug-likeness (QED) is 0.453. The maximum atomic E-state index is 12.7. The zero-order chi connectivity index (χ0) is 18.2. The van der Waals surface area contributed by atoms with Crippen molar-refractivity contribution in [3.8, 4) is 0 Å². The summed E-state index contributed by atoms with van der Waals surface area (Å²) in [5.41, 5.74) is 6.60. The summed E-state index contributed by atoms with van der Waals surface area (Å²) < 4.78 is 5.23. The zero-order valence-corrected chi connectivity index (χ0v) is 14.1. The molecule has 0 bridgehead atoms. The van der Waals surface area contributed by atoms with Gasteiger partial charge in [-0.1, -0.05) is 67.6 Å². The van der Waals surface area contributed by atoms with Crippen LogP contribution in [0.1, 0.15) is 22.8 Å². The molecule has 25 heavy (non-hydrogen) atoms. The van der Waals surface area contributed by atoms with E-state index in [1.165, 1.54) is 0 Å². The Hall–Kier alpha value is -2.79. The summed E-state index contributed by atoms with van der Waals surface area (Å²) in [5, 5.41) is 0. The highest BCUT2D eigenvalue weighted by atomic mass is 16.5. The van der Waals surface area contributed by atoms with E-state index in [1.54, 1.807) is 49.4 Å². The maximum absolute atomic E-state index is 12.7. The van der Waals surface area contributed by atoms with Crippen molar-refractivity contribution < 1.29 is 19.1 Å². The molecule has 2 aromatic carbocycles. The number of esters is 1. The van der Waals surface area contributed by atoms with Gasteiger partial charge < -0.3 is 10.5 Å². The van der Waals surface area contributed by atoms with Gasteiger partial charge in [0.1, 0.15) is 6.61 Å². The van der Waals surface area contributed by atoms with Crippen LogP contribution in [0.25, 0.3) is 0 Å². The maximum Gasteiger partial charge on any atom is 0.324 e. The molecule has 0 saturated carbocycles. The standard InChI is InChI=1S/C20H21NO4/c1-14(12-21)18(22)17(19(23)16-10-6-3-7-11-16)20(24)25-13-15-8-4-2-5-9-15/h2-11,14,17H,12-13,21H2,1H3. The second-order valence-electron chi connectivity index (χ2n) is 5.80. The summed E-state index contributed by atoms with van der Waals surface area (Å²) in [4.78, 5) is 37.7. The van der Waals surface area contributed by atoms with Gasteiger partial charge in [-0.25, -0.2) is 0 Å². The van der Waals surface area contributed by atoms with Crippen LogP contribution in [0, 0.1) is 11.8 Å². The summed E-state index contributed by atoms with van der Waals surface area (Å²) in [6.07, 6.45) is 0. The van der Waals surface area contributed by atoms with Crippen molar-refractivity contribution >= 4 is 17.5 Å². The highest BCUT2D eigenvalue weighted by molar-refractivity contribution is 6.22. The lowest BCUT2D eigenvalue weighted by atomic mass is 9.87. The van der Waals surface area contributed by atoms with E-state index < -0.39 is 29.4 Å². The number of hydrogen-bond acceptors (Lipinski definition) is 5. The summed E-state index contributed by atoms with van der Waals surface area (Å²) in [5.74, 6) is -4.03.